The van der Waals surface area contributed by atoms with Gasteiger partial charge in [-0.3, -0.25) is 27.6 Å². The highest BCUT2D eigenvalue weighted by atomic mass is 33.1. The molecule has 8 N–H and O–H groups in total. The summed E-state index contributed by atoms with van der Waals surface area (Å²) in [5, 5.41) is 15.5. The molecule has 6 heterocycles. The molecule has 0 saturated carbocycles. The van der Waals surface area contributed by atoms with Crippen molar-refractivity contribution in [2.24, 2.45) is 5.11 Å². The maximum Gasteiger partial charge on any atom is 0.472 e. The molecule has 11 atom stereocenters. The van der Waals surface area contributed by atoms with Gasteiger partial charge in [0.2, 0.25) is 0 Å². The van der Waals surface area contributed by atoms with Crippen molar-refractivity contribution in [3.8, 4) is 0 Å². The van der Waals surface area contributed by atoms with Gasteiger partial charge < -0.3 is 59.7 Å². The molecule has 398 valence electrons. The Morgan fingerprint density at radius 3 is 2.40 bits per heavy atom. The average Bonchev–Trinajstić information content (AvgIpc) is 4.13. The van der Waals surface area contributed by atoms with Gasteiger partial charge in [-0.15, -0.1) is 0 Å². The van der Waals surface area contributed by atoms with E-state index in [1.165, 1.54) is 63.9 Å². The number of nitrogens with two attached hydrogens (primary N) is 2. The topological polar surface area (TPSA) is 415 Å². The number of esters is 1. The predicted octanol–water partition coefficient (Wildman–Crippen LogP) is 3.21. The summed E-state index contributed by atoms with van der Waals surface area (Å²) in [4.78, 5) is 91.4. The second-order valence-corrected chi connectivity index (χ2v) is 23.1. The zero-order chi connectivity index (χ0) is 52.8. The van der Waals surface area contributed by atoms with Gasteiger partial charge in [-0.2, -0.15) is 4.98 Å². The van der Waals surface area contributed by atoms with E-state index in [0.29, 0.717) is 24.1 Å². The summed E-state index contributed by atoms with van der Waals surface area (Å²) in [7, 11) is -6.73. The Hall–Kier alpha value is -4.98. The number of phosphoric ester groups is 2. The summed E-state index contributed by atoms with van der Waals surface area (Å²) in [5.74, 6) is -1.30. The van der Waals surface area contributed by atoms with E-state index >= 15 is 0 Å². The summed E-state index contributed by atoms with van der Waals surface area (Å²) in [6.45, 7) is 3.90. The number of amides is 1. The van der Waals surface area contributed by atoms with Crippen LogP contribution in [0.5, 0.6) is 0 Å². The third kappa shape index (κ3) is 14.5. The smallest absolute Gasteiger partial charge is 0.455 e. The standard InChI is InChI=1S/C39H52N12O18P2S2/c1-39(2,3)73-72-17-22(49(4)38(55)62-14-20-7-9-21(10-8-20)47-48-42)36(53)68-29-23(65-34(28(29)52)51-19-45-27-32(41)43-18-44-33(27)51)16-64-71(59,60)69-30-24(15-63-70(56,57)58)66-35(31(30)67-26-6-5-13-61-26)50-12-11-25(40)46-37(50)54/h7-12,18-19,22-24,26,28-31,34-35,52H,5-6,13-17H2,1-4H3,(H,59,60)(H2,40,46,54)(H2,41,43,44)(H2,56,57,58)/t22-,23+,24+,26?,28+,29+,30+,31+,34+,35+/m0/s1. The number of likely N-dealkylation sites (N-methyl/N-ethyl adjacent to an activating group) is 1. The van der Waals surface area contributed by atoms with Crippen molar-refractivity contribution in [2.75, 3.05) is 44.1 Å². The van der Waals surface area contributed by atoms with Crippen molar-refractivity contribution in [1.82, 2.24) is 34.0 Å². The lowest BCUT2D eigenvalue weighted by atomic mass is 10.1. The molecule has 3 fully saturated rings. The van der Waals surface area contributed by atoms with Crippen molar-refractivity contribution < 1.29 is 80.5 Å². The van der Waals surface area contributed by atoms with Crippen LogP contribution in [-0.2, 0) is 62.5 Å². The third-order valence-corrected chi connectivity index (χ3v) is 15.7. The van der Waals surface area contributed by atoms with E-state index in [0.717, 1.165) is 15.8 Å². The molecule has 3 aliphatic rings. The lowest BCUT2D eigenvalue weighted by molar-refractivity contribution is -0.181. The first-order valence-corrected chi connectivity index (χ1v) is 27.3. The first-order valence-electron chi connectivity index (χ1n) is 21.9. The number of anilines is 2. The second-order valence-electron chi connectivity index (χ2n) is 17.3. The molecular formula is C39H52N12O18P2S2. The maximum atomic E-state index is 14.4. The Morgan fingerprint density at radius 2 is 1.73 bits per heavy atom. The number of hydrogen-bond donors (Lipinski definition) is 6. The van der Waals surface area contributed by atoms with Gasteiger partial charge >= 0.3 is 33.4 Å². The molecule has 4 aromatic rings. The number of aromatic nitrogens is 6. The highest BCUT2D eigenvalue weighted by Crippen LogP contribution is 2.51. The summed E-state index contributed by atoms with van der Waals surface area (Å²) in [6, 6.07) is 6.07. The molecule has 0 bridgehead atoms. The van der Waals surface area contributed by atoms with Crippen molar-refractivity contribution in [3.63, 3.8) is 0 Å². The summed E-state index contributed by atoms with van der Waals surface area (Å²) >= 11 is 0. The van der Waals surface area contributed by atoms with Gasteiger partial charge in [-0.1, -0.05) is 71.7 Å². The Balaban J connectivity index is 1.15. The summed E-state index contributed by atoms with van der Waals surface area (Å²) < 4.78 is 79.1. The fourth-order valence-electron chi connectivity index (χ4n) is 7.51. The maximum absolute atomic E-state index is 14.4. The predicted molar refractivity (Wildman–Crippen MR) is 256 cm³/mol. The number of imidazole rings is 1. The monoisotopic (exact) mass is 1100 g/mol. The number of benzene rings is 1. The second kappa shape index (κ2) is 23.7. The van der Waals surface area contributed by atoms with Crippen LogP contribution in [0.15, 0.2) is 59.1 Å². The van der Waals surface area contributed by atoms with E-state index in [4.69, 9.17) is 59.0 Å². The van der Waals surface area contributed by atoms with Crippen LogP contribution < -0.4 is 17.2 Å². The minimum Gasteiger partial charge on any atom is -0.455 e. The average molecular weight is 1100 g/mol. The van der Waals surface area contributed by atoms with Crippen LogP contribution in [0.25, 0.3) is 21.6 Å². The van der Waals surface area contributed by atoms with E-state index < -0.39 is 108 Å². The van der Waals surface area contributed by atoms with E-state index in [1.54, 1.807) is 12.1 Å². The highest BCUT2D eigenvalue weighted by Gasteiger charge is 2.54. The molecule has 3 aromatic heterocycles. The Morgan fingerprint density at radius 1 is 1.01 bits per heavy atom. The van der Waals surface area contributed by atoms with Crippen LogP contribution in [0.3, 0.4) is 0 Å². The molecule has 3 saturated heterocycles. The summed E-state index contributed by atoms with van der Waals surface area (Å²) in [6.07, 6.45) is -10.7. The first-order chi connectivity index (χ1) is 34.5. The summed E-state index contributed by atoms with van der Waals surface area (Å²) in [5.41, 5.74) is 20.6. The van der Waals surface area contributed by atoms with Gasteiger partial charge in [0.15, 0.2) is 36.3 Å². The van der Waals surface area contributed by atoms with E-state index in [-0.39, 0.29) is 46.5 Å². The number of phosphoric acid groups is 2. The molecule has 0 aliphatic carbocycles. The van der Waals surface area contributed by atoms with Gasteiger partial charge in [0.05, 0.1) is 19.5 Å². The van der Waals surface area contributed by atoms with Gasteiger partial charge in [0, 0.05) is 47.4 Å². The van der Waals surface area contributed by atoms with Crippen molar-refractivity contribution in [1.29, 1.82) is 0 Å². The SMILES string of the molecule is CN(C(=O)OCc1ccc(N=[N+]=[N-])cc1)[C@@H](CSSC(C)(C)C)C(=O)O[C@H]1[C@@H](O)[C@H](n2cnc3c(N)ncnc32)O[C@@H]1COP(=O)(O)O[C@H]1[C@@H](OC2CCCO2)[C@H](n2ccc(N)nc2=O)O[C@@H]1COP(=O)(O)O. The normalized spacial score (nSPS) is 25.5. The van der Waals surface area contributed by atoms with Gasteiger partial charge in [0.25, 0.3) is 0 Å². The van der Waals surface area contributed by atoms with Crippen LogP contribution in [0.4, 0.5) is 22.1 Å². The van der Waals surface area contributed by atoms with Gasteiger partial charge in [0.1, 0.15) is 60.8 Å². The minimum absolute atomic E-state index is 0.0204. The van der Waals surface area contributed by atoms with E-state index in [9.17, 15) is 43.3 Å². The molecular weight excluding hydrogens is 1050 g/mol. The van der Waals surface area contributed by atoms with Gasteiger partial charge in [-0.25, -0.2) is 38.5 Å². The van der Waals surface area contributed by atoms with Crippen molar-refractivity contribution >= 4 is 77.8 Å². The zero-order valence-electron chi connectivity index (χ0n) is 39.2. The Bertz CT molecular complexity index is 2790. The molecule has 1 amide bonds. The number of nitrogen functional groups attached to an aromatic ring is 2. The van der Waals surface area contributed by atoms with Crippen molar-refractivity contribution in [3.05, 3.63) is 75.7 Å². The number of rotatable bonds is 21. The third-order valence-electron chi connectivity index (χ3n) is 10.9. The van der Waals surface area contributed by atoms with Crippen LogP contribution in [0.1, 0.15) is 51.6 Å². The Labute approximate surface area is 422 Å². The Kier molecular flexibility index (Phi) is 18.1. The minimum atomic E-state index is -5.47. The van der Waals surface area contributed by atoms with E-state index in [2.05, 4.69) is 30.0 Å². The fraction of sp³-hybridized carbons (Fsp3) is 0.564. The lowest BCUT2D eigenvalue weighted by Crippen LogP contribution is -2.48. The number of aliphatic hydroxyl groups is 1. The number of ether oxygens (including phenoxy) is 6. The number of nitrogens with zero attached hydrogens (tertiary/aromatic N) is 10. The molecule has 0 radical (unpaired) electrons. The lowest BCUT2D eigenvalue weighted by Gasteiger charge is -2.30. The molecule has 3 aliphatic heterocycles. The molecule has 1 aromatic carbocycles. The number of azide groups is 1. The molecule has 73 heavy (non-hydrogen) atoms. The van der Waals surface area contributed by atoms with Crippen LogP contribution in [0, 0.1) is 0 Å². The number of hydrogen-bond acceptors (Lipinski definition) is 24. The number of aliphatic hydroxyl groups excluding tert-OH is 1. The quantitative estimate of drug-likeness (QED) is 0.0174. The van der Waals surface area contributed by atoms with E-state index in [1.807, 2.05) is 20.8 Å². The first kappa shape index (κ1) is 55.8. The highest BCUT2D eigenvalue weighted by molar-refractivity contribution is 8.77. The van der Waals surface area contributed by atoms with Crippen LogP contribution >= 0.6 is 37.2 Å². The molecule has 30 nitrogen and oxygen atoms in total. The van der Waals surface area contributed by atoms with Crippen LogP contribution in [-0.4, -0.2) is 152 Å². The molecule has 34 heteroatoms. The molecule has 0 spiro atoms. The number of carbonyl (C=O) groups is 2. The number of carbonyl (C=O) groups excluding carboxylic acids is 2. The van der Waals surface area contributed by atoms with Crippen LogP contribution in [0.2, 0.25) is 0 Å². The van der Waals surface area contributed by atoms with Gasteiger partial charge in [-0.05, 0) is 23.6 Å². The molecule has 7 rings (SSSR count). The molecule has 2 unspecified atom stereocenters. The van der Waals surface area contributed by atoms with Crippen molar-refractivity contribution in [2.45, 2.75) is 106 Å². The largest absolute Gasteiger partial charge is 0.472 e. The number of fused-ring (bicyclic) bond motifs is 1. The zero-order valence-corrected chi connectivity index (χ0v) is 42.6. The fourth-order valence-corrected chi connectivity index (χ4v) is 11.4.